The average molecular weight is 340 g/mol. The molecule has 5 nitrogen and oxygen atoms in total. The Bertz CT molecular complexity index is 822. The fourth-order valence-corrected chi connectivity index (χ4v) is 2.49. The predicted molar refractivity (Wildman–Crippen MR) is 93.8 cm³/mol. The number of fused-ring (bicyclic) bond motifs is 1. The number of benzene rings is 2. The standard InChI is InChI=1S/C20H20O5/c1-2-22-14-17-16-10-6-7-11-18(16)25-19(17)20(21)24-13-12-23-15-8-4-3-5-9-15/h3-11H,2,12-14H2,1H3. The van der Waals surface area contributed by atoms with Gasteiger partial charge in [-0.3, -0.25) is 0 Å². The van der Waals surface area contributed by atoms with E-state index in [1.165, 1.54) is 0 Å². The molecular formula is C20H20O5. The summed E-state index contributed by atoms with van der Waals surface area (Å²) in [6.45, 7) is 3.17. The van der Waals surface area contributed by atoms with Gasteiger partial charge in [0.2, 0.25) is 5.76 Å². The van der Waals surface area contributed by atoms with Crippen LogP contribution in [-0.2, 0) is 16.1 Å². The number of carbonyl (C=O) groups is 1. The van der Waals surface area contributed by atoms with Crippen molar-refractivity contribution in [2.75, 3.05) is 19.8 Å². The molecule has 25 heavy (non-hydrogen) atoms. The zero-order valence-electron chi connectivity index (χ0n) is 14.1. The third kappa shape index (κ3) is 4.19. The Kier molecular flexibility index (Phi) is 5.69. The molecule has 0 unspecified atom stereocenters. The summed E-state index contributed by atoms with van der Waals surface area (Å²) in [7, 11) is 0. The zero-order chi connectivity index (χ0) is 17.5. The van der Waals surface area contributed by atoms with E-state index in [0.717, 1.165) is 11.1 Å². The Morgan fingerprint density at radius 3 is 2.56 bits per heavy atom. The van der Waals surface area contributed by atoms with E-state index < -0.39 is 5.97 Å². The average Bonchev–Trinajstić information content (AvgIpc) is 3.03. The zero-order valence-corrected chi connectivity index (χ0v) is 14.1. The Hall–Kier alpha value is -2.79. The van der Waals surface area contributed by atoms with Gasteiger partial charge in [0.25, 0.3) is 0 Å². The first kappa shape index (κ1) is 17.0. The van der Waals surface area contributed by atoms with Crippen molar-refractivity contribution in [2.24, 2.45) is 0 Å². The highest BCUT2D eigenvalue weighted by Crippen LogP contribution is 2.27. The van der Waals surface area contributed by atoms with Crippen LogP contribution in [0, 0.1) is 0 Å². The quantitative estimate of drug-likeness (QED) is 0.454. The molecule has 1 heterocycles. The van der Waals surface area contributed by atoms with Crippen LogP contribution in [0.5, 0.6) is 5.75 Å². The highest BCUT2D eigenvalue weighted by molar-refractivity contribution is 5.96. The first-order valence-corrected chi connectivity index (χ1v) is 8.22. The number of carbonyl (C=O) groups excluding carboxylic acids is 1. The maximum atomic E-state index is 12.4. The minimum atomic E-state index is -0.512. The van der Waals surface area contributed by atoms with Gasteiger partial charge in [0.1, 0.15) is 24.5 Å². The van der Waals surface area contributed by atoms with Crippen LogP contribution in [0.4, 0.5) is 0 Å². The van der Waals surface area contributed by atoms with Crippen LogP contribution in [0.3, 0.4) is 0 Å². The number of hydrogen-bond acceptors (Lipinski definition) is 5. The molecule has 0 aliphatic heterocycles. The molecule has 0 saturated carbocycles. The topological polar surface area (TPSA) is 57.9 Å². The van der Waals surface area contributed by atoms with Crippen LogP contribution >= 0.6 is 0 Å². The van der Waals surface area contributed by atoms with Crippen LogP contribution < -0.4 is 4.74 Å². The summed E-state index contributed by atoms with van der Waals surface area (Å²) in [5.74, 6) is 0.413. The van der Waals surface area contributed by atoms with Crippen molar-refractivity contribution < 1.29 is 23.4 Å². The van der Waals surface area contributed by atoms with Gasteiger partial charge >= 0.3 is 5.97 Å². The van der Waals surface area contributed by atoms with Crippen LogP contribution in [-0.4, -0.2) is 25.8 Å². The number of rotatable bonds is 8. The van der Waals surface area contributed by atoms with Crippen molar-refractivity contribution >= 4 is 16.9 Å². The summed E-state index contributed by atoms with van der Waals surface area (Å²) in [6.07, 6.45) is 0. The van der Waals surface area contributed by atoms with Crippen molar-refractivity contribution in [3.8, 4) is 5.75 Å². The lowest BCUT2D eigenvalue weighted by atomic mass is 10.1. The molecule has 1 aromatic heterocycles. The van der Waals surface area contributed by atoms with Gasteiger partial charge in [0.15, 0.2) is 0 Å². The van der Waals surface area contributed by atoms with E-state index >= 15 is 0 Å². The maximum Gasteiger partial charge on any atom is 0.374 e. The summed E-state index contributed by atoms with van der Waals surface area (Å²) >= 11 is 0. The van der Waals surface area contributed by atoms with Crippen molar-refractivity contribution in [3.63, 3.8) is 0 Å². The van der Waals surface area contributed by atoms with E-state index in [0.29, 0.717) is 24.4 Å². The summed E-state index contributed by atoms with van der Waals surface area (Å²) in [6, 6.07) is 16.9. The summed E-state index contributed by atoms with van der Waals surface area (Å²) in [4.78, 5) is 12.4. The van der Waals surface area contributed by atoms with Gasteiger partial charge in [-0.15, -0.1) is 0 Å². The molecule has 0 aliphatic carbocycles. The maximum absolute atomic E-state index is 12.4. The molecule has 0 aliphatic rings. The molecule has 3 rings (SSSR count). The van der Waals surface area contributed by atoms with Gasteiger partial charge in [0.05, 0.1) is 6.61 Å². The lowest BCUT2D eigenvalue weighted by Crippen LogP contribution is -2.13. The van der Waals surface area contributed by atoms with Gasteiger partial charge in [-0.2, -0.15) is 0 Å². The predicted octanol–water partition coefficient (Wildman–Crippen LogP) is 4.21. The van der Waals surface area contributed by atoms with Gasteiger partial charge in [-0.1, -0.05) is 36.4 Å². The molecule has 0 N–H and O–H groups in total. The fraction of sp³-hybridized carbons (Fsp3) is 0.250. The lowest BCUT2D eigenvalue weighted by molar-refractivity contribution is 0.0409. The second-order valence-electron chi connectivity index (χ2n) is 5.34. The lowest BCUT2D eigenvalue weighted by Gasteiger charge is -2.07. The largest absolute Gasteiger partial charge is 0.490 e. The van der Waals surface area contributed by atoms with E-state index in [2.05, 4.69) is 0 Å². The second kappa shape index (κ2) is 8.35. The summed E-state index contributed by atoms with van der Waals surface area (Å²) < 4.78 is 21.9. The molecule has 130 valence electrons. The van der Waals surface area contributed by atoms with Crippen LogP contribution in [0.15, 0.2) is 59.0 Å². The molecular weight excluding hydrogens is 320 g/mol. The van der Waals surface area contributed by atoms with Gasteiger partial charge in [-0.05, 0) is 25.1 Å². The smallest absolute Gasteiger partial charge is 0.374 e. The highest BCUT2D eigenvalue weighted by Gasteiger charge is 2.21. The number of furan rings is 1. The number of hydrogen-bond donors (Lipinski definition) is 0. The van der Waals surface area contributed by atoms with Crippen molar-refractivity contribution in [1.29, 1.82) is 0 Å². The molecule has 0 spiro atoms. The van der Waals surface area contributed by atoms with Crippen LogP contribution in [0.25, 0.3) is 11.0 Å². The van der Waals surface area contributed by atoms with Gasteiger partial charge in [0, 0.05) is 17.6 Å². The Labute approximate surface area is 146 Å². The van der Waals surface area contributed by atoms with Crippen molar-refractivity contribution in [3.05, 3.63) is 65.9 Å². The van der Waals surface area contributed by atoms with E-state index in [1.807, 2.05) is 61.5 Å². The second-order valence-corrected chi connectivity index (χ2v) is 5.34. The minimum Gasteiger partial charge on any atom is -0.490 e. The van der Waals surface area contributed by atoms with E-state index in [4.69, 9.17) is 18.6 Å². The van der Waals surface area contributed by atoms with Crippen molar-refractivity contribution in [2.45, 2.75) is 13.5 Å². The number of para-hydroxylation sites is 2. The van der Waals surface area contributed by atoms with Crippen LogP contribution in [0.2, 0.25) is 0 Å². The minimum absolute atomic E-state index is 0.138. The van der Waals surface area contributed by atoms with E-state index in [9.17, 15) is 4.79 Å². The Morgan fingerprint density at radius 1 is 1.00 bits per heavy atom. The fourth-order valence-electron chi connectivity index (χ4n) is 2.49. The Balaban J connectivity index is 1.64. The monoisotopic (exact) mass is 340 g/mol. The highest BCUT2D eigenvalue weighted by atomic mass is 16.6. The summed E-state index contributed by atoms with van der Waals surface area (Å²) in [5.41, 5.74) is 1.36. The third-order valence-electron chi connectivity index (χ3n) is 3.66. The molecule has 5 heteroatoms. The number of esters is 1. The first-order chi connectivity index (χ1) is 12.3. The SMILES string of the molecule is CCOCc1c(C(=O)OCCOc2ccccc2)oc2ccccc12. The summed E-state index contributed by atoms with van der Waals surface area (Å²) in [5, 5.41) is 0.864. The number of ether oxygens (including phenoxy) is 3. The van der Waals surface area contributed by atoms with Gasteiger partial charge < -0.3 is 18.6 Å². The Morgan fingerprint density at radius 2 is 1.76 bits per heavy atom. The molecule has 0 saturated heterocycles. The molecule has 0 radical (unpaired) electrons. The molecule has 0 fully saturated rings. The normalized spacial score (nSPS) is 10.8. The molecule has 0 amide bonds. The van der Waals surface area contributed by atoms with Gasteiger partial charge in [-0.25, -0.2) is 4.79 Å². The van der Waals surface area contributed by atoms with E-state index in [-0.39, 0.29) is 19.0 Å². The third-order valence-corrected chi connectivity index (χ3v) is 3.66. The molecule has 3 aromatic rings. The molecule has 0 atom stereocenters. The van der Waals surface area contributed by atoms with Crippen LogP contribution in [0.1, 0.15) is 23.0 Å². The molecule has 0 bridgehead atoms. The first-order valence-electron chi connectivity index (χ1n) is 8.22. The van der Waals surface area contributed by atoms with Crippen molar-refractivity contribution in [1.82, 2.24) is 0 Å². The van der Waals surface area contributed by atoms with E-state index in [1.54, 1.807) is 0 Å². The molecule has 2 aromatic carbocycles.